The molecule has 0 saturated heterocycles. The van der Waals surface area contributed by atoms with Gasteiger partial charge < -0.3 is 0 Å². The summed E-state index contributed by atoms with van der Waals surface area (Å²) in [6.45, 7) is 14.7. The van der Waals surface area contributed by atoms with Crippen molar-refractivity contribution in [2.75, 3.05) is 5.01 Å². The molecule has 0 amide bonds. The maximum absolute atomic E-state index is 4.29. The van der Waals surface area contributed by atoms with Crippen molar-refractivity contribution in [1.29, 1.82) is 0 Å². The highest BCUT2D eigenvalue weighted by Gasteiger charge is 2.22. The van der Waals surface area contributed by atoms with Gasteiger partial charge in [-0.1, -0.05) is 81.9 Å². The molecule has 126 valence electrons. The molecule has 3 aromatic rings. The number of hydrogen-bond acceptors (Lipinski definition) is 2. The molecule has 0 heterocycles. The molecule has 0 aliphatic rings. The predicted molar refractivity (Wildman–Crippen MR) is 110 cm³/mol. The molecule has 0 aromatic heterocycles. The lowest BCUT2D eigenvalue weighted by atomic mass is 9.85. The Morgan fingerprint density at radius 2 is 1.52 bits per heavy atom. The van der Waals surface area contributed by atoms with E-state index >= 15 is 0 Å². The van der Waals surface area contributed by atoms with Crippen LogP contribution in [0.15, 0.2) is 78.4 Å². The molecule has 0 N–H and O–H groups in total. The molecule has 25 heavy (non-hydrogen) atoms. The molecule has 3 rings (SSSR count). The van der Waals surface area contributed by atoms with Crippen LogP contribution in [0, 0.1) is 0 Å². The summed E-state index contributed by atoms with van der Waals surface area (Å²) in [5.41, 5.74) is 4.09. The van der Waals surface area contributed by atoms with Gasteiger partial charge in [-0.2, -0.15) is 5.10 Å². The number of nitrogens with zero attached hydrogens (tertiary/aromatic N) is 2. The van der Waals surface area contributed by atoms with Gasteiger partial charge in [0.15, 0.2) is 0 Å². The first-order chi connectivity index (χ1) is 11.9. The van der Waals surface area contributed by atoms with E-state index in [1.807, 2.05) is 23.2 Å². The van der Waals surface area contributed by atoms with Gasteiger partial charge in [0.05, 0.1) is 11.4 Å². The fraction of sp³-hybridized carbons (Fsp3) is 0.174. The van der Waals surface area contributed by atoms with Gasteiger partial charge in [-0.05, 0) is 33.9 Å². The molecule has 0 fully saturated rings. The summed E-state index contributed by atoms with van der Waals surface area (Å²) in [6, 6.07) is 23.0. The minimum Gasteiger partial charge on any atom is -0.234 e. The van der Waals surface area contributed by atoms with Crippen molar-refractivity contribution in [3.05, 3.63) is 84.4 Å². The molecule has 3 aromatic carbocycles. The first-order valence-electron chi connectivity index (χ1n) is 8.46. The van der Waals surface area contributed by atoms with E-state index < -0.39 is 0 Å². The highest BCUT2D eigenvalue weighted by molar-refractivity contribution is 5.88. The van der Waals surface area contributed by atoms with E-state index in [0.29, 0.717) is 0 Å². The van der Waals surface area contributed by atoms with Gasteiger partial charge in [0, 0.05) is 12.3 Å². The van der Waals surface area contributed by atoms with Gasteiger partial charge in [0.25, 0.3) is 0 Å². The number of rotatable bonds is 4. The first kappa shape index (κ1) is 17.0. The second-order valence-electron chi connectivity index (χ2n) is 7.23. The van der Waals surface area contributed by atoms with Crippen LogP contribution < -0.4 is 5.01 Å². The van der Waals surface area contributed by atoms with Gasteiger partial charge in [-0.3, -0.25) is 0 Å². The van der Waals surface area contributed by atoms with Crippen LogP contribution in [0.3, 0.4) is 0 Å². The van der Waals surface area contributed by atoms with Crippen molar-refractivity contribution < 1.29 is 0 Å². The molecule has 2 nitrogen and oxygen atoms in total. The zero-order chi connectivity index (χ0) is 18.0. The van der Waals surface area contributed by atoms with Crippen LogP contribution in [-0.2, 0) is 5.41 Å². The van der Waals surface area contributed by atoms with Crippen molar-refractivity contribution in [1.82, 2.24) is 0 Å². The number of para-hydroxylation sites is 1. The lowest BCUT2D eigenvalue weighted by molar-refractivity contribution is 0.590. The lowest BCUT2D eigenvalue weighted by Gasteiger charge is -2.29. The molecule has 0 atom stereocenters. The summed E-state index contributed by atoms with van der Waals surface area (Å²) < 4.78 is 0. The SMILES string of the molecule is C=NN(C(=C)c1ccc2ccccc2c1)c1ccccc1C(C)(C)C. The highest BCUT2D eigenvalue weighted by Crippen LogP contribution is 2.35. The van der Waals surface area contributed by atoms with Crippen LogP contribution in [0.25, 0.3) is 16.5 Å². The largest absolute Gasteiger partial charge is 0.234 e. The highest BCUT2D eigenvalue weighted by atomic mass is 15.5. The second-order valence-corrected chi connectivity index (χ2v) is 7.23. The predicted octanol–water partition coefficient (Wildman–Crippen LogP) is 6.23. The standard InChI is InChI=1S/C23H24N2/c1-17(19-15-14-18-10-6-7-11-20(18)16-19)25(24-5)22-13-9-8-12-21(22)23(2,3)4/h6-16H,1,5H2,2-4H3. The first-order valence-corrected chi connectivity index (χ1v) is 8.46. The van der Waals surface area contributed by atoms with Crippen LogP contribution in [0.4, 0.5) is 5.69 Å². The Labute approximate surface area is 150 Å². The quantitative estimate of drug-likeness (QED) is 0.409. The average molecular weight is 328 g/mol. The normalized spacial score (nSPS) is 11.3. The van der Waals surface area contributed by atoms with E-state index in [1.54, 1.807) is 0 Å². The minimum atomic E-state index is 0.00317. The monoisotopic (exact) mass is 328 g/mol. The Hall–Kier alpha value is -2.87. The Morgan fingerprint density at radius 1 is 0.880 bits per heavy atom. The van der Waals surface area contributed by atoms with E-state index in [-0.39, 0.29) is 5.41 Å². The van der Waals surface area contributed by atoms with E-state index in [4.69, 9.17) is 0 Å². The molecule has 0 radical (unpaired) electrons. The summed E-state index contributed by atoms with van der Waals surface area (Å²) in [5, 5.41) is 8.51. The number of anilines is 1. The maximum Gasteiger partial charge on any atom is 0.0689 e. The van der Waals surface area contributed by atoms with Crippen LogP contribution in [0.2, 0.25) is 0 Å². The number of benzene rings is 3. The van der Waals surface area contributed by atoms with E-state index in [2.05, 4.69) is 87.7 Å². The Morgan fingerprint density at radius 3 is 2.20 bits per heavy atom. The molecule has 0 saturated carbocycles. The summed E-state index contributed by atoms with van der Waals surface area (Å²) in [6.07, 6.45) is 0. The van der Waals surface area contributed by atoms with Gasteiger partial charge in [0.1, 0.15) is 0 Å². The smallest absolute Gasteiger partial charge is 0.0689 e. The van der Waals surface area contributed by atoms with Crippen molar-refractivity contribution in [2.24, 2.45) is 5.10 Å². The number of hydrogen-bond donors (Lipinski definition) is 0. The molecular formula is C23H24N2. The third-order valence-electron chi connectivity index (χ3n) is 4.42. The maximum atomic E-state index is 4.29. The van der Waals surface area contributed by atoms with Crippen molar-refractivity contribution >= 4 is 28.9 Å². The number of fused-ring (bicyclic) bond motifs is 1. The Bertz CT molecular complexity index is 932. The molecule has 0 aliphatic carbocycles. The Kier molecular flexibility index (Phi) is 4.45. The zero-order valence-corrected chi connectivity index (χ0v) is 15.2. The molecule has 0 bridgehead atoms. The molecule has 0 spiro atoms. The lowest BCUT2D eigenvalue weighted by Crippen LogP contribution is -2.20. The zero-order valence-electron chi connectivity index (χ0n) is 15.2. The van der Waals surface area contributed by atoms with Crippen LogP contribution in [0.1, 0.15) is 31.9 Å². The van der Waals surface area contributed by atoms with Crippen LogP contribution in [0.5, 0.6) is 0 Å². The third-order valence-corrected chi connectivity index (χ3v) is 4.42. The van der Waals surface area contributed by atoms with Crippen molar-refractivity contribution in [3.63, 3.8) is 0 Å². The second kappa shape index (κ2) is 6.56. The van der Waals surface area contributed by atoms with Crippen LogP contribution >= 0.6 is 0 Å². The van der Waals surface area contributed by atoms with Gasteiger partial charge >= 0.3 is 0 Å². The topological polar surface area (TPSA) is 15.6 Å². The molecule has 2 heteroatoms. The molecular weight excluding hydrogens is 304 g/mol. The van der Waals surface area contributed by atoms with E-state index in [1.165, 1.54) is 16.3 Å². The summed E-state index contributed by atoms with van der Waals surface area (Å²) >= 11 is 0. The van der Waals surface area contributed by atoms with Crippen LogP contribution in [-0.4, -0.2) is 6.72 Å². The number of hydrazone groups is 1. The minimum absolute atomic E-state index is 0.00317. The van der Waals surface area contributed by atoms with Crippen molar-refractivity contribution in [3.8, 4) is 0 Å². The van der Waals surface area contributed by atoms with E-state index in [9.17, 15) is 0 Å². The summed E-state index contributed by atoms with van der Waals surface area (Å²) in [5.74, 6) is 0. The van der Waals surface area contributed by atoms with E-state index in [0.717, 1.165) is 16.9 Å². The third kappa shape index (κ3) is 3.34. The van der Waals surface area contributed by atoms with Gasteiger partial charge in [-0.15, -0.1) is 0 Å². The average Bonchev–Trinajstić information content (AvgIpc) is 2.61. The molecule has 0 unspecified atom stereocenters. The summed E-state index contributed by atoms with van der Waals surface area (Å²) in [7, 11) is 0. The van der Waals surface area contributed by atoms with Gasteiger partial charge in [-0.25, -0.2) is 5.01 Å². The van der Waals surface area contributed by atoms with Crippen molar-refractivity contribution in [2.45, 2.75) is 26.2 Å². The fourth-order valence-electron chi connectivity index (χ4n) is 3.09. The van der Waals surface area contributed by atoms with Gasteiger partial charge in [0.2, 0.25) is 0 Å². The fourth-order valence-corrected chi connectivity index (χ4v) is 3.09. The summed E-state index contributed by atoms with van der Waals surface area (Å²) in [4.78, 5) is 0. The Balaban J connectivity index is 2.06. The molecule has 0 aliphatic heterocycles.